The minimum atomic E-state index is -2.35. The number of hydrogen-bond acceptors (Lipinski definition) is 7. The lowest BCUT2D eigenvalue weighted by Gasteiger charge is -2.31. The average molecular weight is 410 g/mol. The minimum Gasteiger partial charge on any atom is -0.454 e. The molecule has 0 fully saturated rings. The summed E-state index contributed by atoms with van der Waals surface area (Å²) < 4.78 is 22.8. The Morgan fingerprint density at radius 1 is 0.733 bits per heavy atom. The Morgan fingerprint density at radius 3 is 1.43 bits per heavy atom. The molecule has 3 aromatic carbocycles. The summed E-state index contributed by atoms with van der Waals surface area (Å²) in [6, 6.07) is 25.5. The summed E-state index contributed by atoms with van der Waals surface area (Å²) in [7, 11) is 0. The molecule has 1 unspecified atom stereocenters. The van der Waals surface area contributed by atoms with Gasteiger partial charge in [0.15, 0.2) is 0 Å². The largest absolute Gasteiger partial charge is 0.523 e. The van der Waals surface area contributed by atoms with E-state index in [0.29, 0.717) is 17.2 Å². The molecule has 0 saturated carbocycles. The van der Waals surface area contributed by atoms with E-state index in [4.69, 9.17) is 24.1 Å². The van der Waals surface area contributed by atoms with Crippen LogP contribution in [0.5, 0.6) is 17.2 Å². The Labute approximate surface area is 174 Å². The zero-order chi connectivity index (χ0) is 21.2. The molecule has 7 nitrogen and oxygen atoms in total. The standard InChI is InChI=1S/C23H22O7/c24-16-18(25)17-27-22(26)23(28-19-10-4-1-5-11-19,29-20-12-6-2-7-13-20)30-21-14-8-3-9-15-21/h1-15,18,24-25H,16-17H2. The molecule has 0 saturated heterocycles. The van der Waals surface area contributed by atoms with Gasteiger partial charge in [-0.05, 0) is 36.4 Å². The van der Waals surface area contributed by atoms with Crippen molar-refractivity contribution in [3.05, 3.63) is 91.0 Å². The van der Waals surface area contributed by atoms with Gasteiger partial charge >= 0.3 is 11.9 Å². The van der Waals surface area contributed by atoms with Gasteiger partial charge in [0.2, 0.25) is 0 Å². The molecule has 1 atom stereocenters. The molecule has 0 bridgehead atoms. The summed E-state index contributed by atoms with van der Waals surface area (Å²) in [5.41, 5.74) is 0. The topological polar surface area (TPSA) is 94.5 Å². The van der Waals surface area contributed by atoms with Crippen LogP contribution in [-0.4, -0.2) is 41.5 Å². The van der Waals surface area contributed by atoms with Crippen LogP contribution in [0, 0.1) is 0 Å². The SMILES string of the molecule is O=C(OCC(O)CO)C(Oc1ccccc1)(Oc1ccccc1)Oc1ccccc1. The van der Waals surface area contributed by atoms with E-state index in [1.807, 2.05) is 0 Å². The molecule has 0 amide bonds. The molecule has 0 heterocycles. The van der Waals surface area contributed by atoms with Gasteiger partial charge in [0.25, 0.3) is 0 Å². The molecule has 30 heavy (non-hydrogen) atoms. The zero-order valence-electron chi connectivity index (χ0n) is 16.1. The van der Waals surface area contributed by atoms with Crippen molar-refractivity contribution in [2.75, 3.05) is 13.2 Å². The molecular weight excluding hydrogens is 388 g/mol. The molecule has 0 aromatic heterocycles. The first-order valence-electron chi connectivity index (χ1n) is 9.29. The Hall–Kier alpha value is -3.55. The third kappa shape index (κ3) is 5.73. The van der Waals surface area contributed by atoms with Crippen LogP contribution in [0.4, 0.5) is 0 Å². The number of para-hydroxylation sites is 3. The first kappa shape index (κ1) is 21.2. The molecule has 0 aliphatic rings. The van der Waals surface area contributed by atoms with Gasteiger partial charge in [-0.1, -0.05) is 54.6 Å². The average Bonchev–Trinajstić information content (AvgIpc) is 2.79. The number of carbonyl (C=O) groups excluding carboxylic acids is 1. The van der Waals surface area contributed by atoms with Gasteiger partial charge in [-0.3, -0.25) is 0 Å². The van der Waals surface area contributed by atoms with E-state index in [0.717, 1.165) is 0 Å². The highest BCUT2D eigenvalue weighted by atomic mass is 16.9. The van der Waals surface area contributed by atoms with E-state index in [1.165, 1.54) is 0 Å². The van der Waals surface area contributed by atoms with Crippen molar-refractivity contribution in [3.8, 4) is 17.2 Å². The maximum Gasteiger partial charge on any atom is 0.523 e. The van der Waals surface area contributed by atoms with Gasteiger partial charge in [0.1, 0.15) is 30.0 Å². The van der Waals surface area contributed by atoms with Crippen LogP contribution in [0.15, 0.2) is 91.0 Å². The molecule has 0 radical (unpaired) electrons. The van der Waals surface area contributed by atoms with Gasteiger partial charge in [0.05, 0.1) is 6.61 Å². The normalized spacial score (nSPS) is 11.9. The lowest BCUT2D eigenvalue weighted by Crippen LogP contribution is -2.56. The van der Waals surface area contributed by atoms with Crippen LogP contribution in [0.2, 0.25) is 0 Å². The van der Waals surface area contributed by atoms with Gasteiger partial charge < -0.3 is 29.2 Å². The summed E-state index contributed by atoms with van der Waals surface area (Å²) in [6.07, 6.45) is -1.25. The second-order valence-electron chi connectivity index (χ2n) is 6.24. The maximum atomic E-state index is 13.1. The third-order valence-electron chi connectivity index (χ3n) is 3.85. The number of benzene rings is 3. The molecule has 2 N–H and O–H groups in total. The van der Waals surface area contributed by atoms with E-state index in [-0.39, 0.29) is 0 Å². The number of aliphatic hydroxyl groups is 2. The number of carbonyl (C=O) groups is 1. The highest BCUT2D eigenvalue weighted by Gasteiger charge is 2.50. The van der Waals surface area contributed by atoms with E-state index in [9.17, 15) is 9.90 Å². The quantitative estimate of drug-likeness (QED) is 0.392. The van der Waals surface area contributed by atoms with Crippen molar-refractivity contribution in [2.45, 2.75) is 12.1 Å². The minimum absolute atomic E-state index is 0.295. The molecule has 3 aromatic rings. The van der Waals surface area contributed by atoms with Crippen LogP contribution in [0.25, 0.3) is 0 Å². The number of esters is 1. The molecule has 7 heteroatoms. The summed E-state index contributed by atoms with van der Waals surface area (Å²) >= 11 is 0. The van der Waals surface area contributed by atoms with Crippen molar-refractivity contribution >= 4 is 5.97 Å². The van der Waals surface area contributed by atoms with Crippen molar-refractivity contribution in [2.24, 2.45) is 0 Å². The highest BCUT2D eigenvalue weighted by molar-refractivity contribution is 5.77. The number of rotatable bonds is 10. The van der Waals surface area contributed by atoms with Crippen LogP contribution in [0.3, 0.4) is 0 Å². The fourth-order valence-corrected chi connectivity index (χ4v) is 2.43. The summed E-state index contributed by atoms with van der Waals surface area (Å²) in [5, 5.41) is 18.6. The highest BCUT2D eigenvalue weighted by Crippen LogP contribution is 2.28. The smallest absolute Gasteiger partial charge is 0.454 e. The van der Waals surface area contributed by atoms with Gasteiger partial charge in [-0.15, -0.1) is 0 Å². The van der Waals surface area contributed by atoms with Crippen molar-refractivity contribution in [3.63, 3.8) is 0 Å². The number of aliphatic hydroxyl groups excluding tert-OH is 2. The first-order chi connectivity index (χ1) is 14.6. The molecule has 0 aliphatic heterocycles. The Kier molecular flexibility index (Phi) is 7.26. The Balaban J connectivity index is 1.99. The number of ether oxygens (including phenoxy) is 4. The van der Waals surface area contributed by atoms with Crippen LogP contribution in [0.1, 0.15) is 0 Å². The Morgan fingerprint density at radius 2 is 1.10 bits per heavy atom. The molecule has 0 spiro atoms. The summed E-state index contributed by atoms with van der Waals surface area (Å²) in [5.74, 6) is -2.50. The molecule has 156 valence electrons. The molecular formula is C23H22O7. The zero-order valence-corrected chi connectivity index (χ0v) is 16.1. The van der Waals surface area contributed by atoms with E-state index in [1.54, 1.807) is 91.0 Å². The van der Waals surface area contributed by atoms with E-state index < -0.39 is 31.3 Å². The van der Waals surface area contributed by atoms with Crippen LogP contribution >= 0.6 is 0 Å². The molecule has 0 aliphatic carbocycles. The van der Waals surface area contributed by atoms with E-state index in [2.05, 4.69) is 0 Å². The summed E-state index contributed by atoms with van der Waals surface area (Å²) in [4.78, 5) is 13.1. The third-order valence-corrected chi connectivity index (χ3v) is 3.85. The van der Waals surface area contributed by atoms with E-state index >= 15 is 0 Å². The van der Waals surface area contributed by atoms with Gasteiger partial charge in [-0.2, -0.15) is 0 Å². The van der Waals surface area contributed by atoms with Gasteiger partial charge in [0, 0.05) is 0 Å². The first-order valence-corrected chi connectivity index (χ1v) is 9.29. The lowest BCUT2D eigenvalue weighted by molar-refractivity contribution is -0.261. The van der Waals surface area contributed by atoms with Crippen molar-refractivity contribution in [1.82, 2.24) is 0 Å². The van der Waals surface area contributed by atoms with Crippen LogP contribution < -0.4 is 14.2 Å². The summed E-state index contributed by atoms with van der Waals surface area (Å²) in [6.45, 7) is -1.04. The van der Waals surface area contributed by atoms with Crippen LogP contribution in [-0.2, 0) is 9.53 Å². The molecule has 3 rings (SSSR count). The monoisotopic (exact) mass is 410 g/mol. The van der Waals surface area contributed by atoms with Gasteiger partial charge in [-0.25, -0.2) is 4.79 Å². The predicted octanol–water partition coefficient (Wildman–Crippen LogP) is 2.77. The van der Waals surface area contributed by atoms with Crippen molar-refractivity contribution in [1.29, 1.82) is 0 Å². The van der Waals surface area contributed by atoms with Crippen molar-refractivity contribution < 1.29 is 34.0 Å². The number of hydrogen-bond donors (Lipinski definition) is 2. The predicted molar refractivity (Wildman–Crippen MR) is 108 cm³/mol. The second-order valence-corrected chi connectivity index (χ2v) is 6.24. The fourth-order valence-electron chi connectivity index (χ4n) is 2.43. The second kappa shape index (κ2) is 10.3. The fraction of sp³-hybridized carbons (Fsp3) is 0.174. The maximum absolute atomic E-state index is 13.1. The lowest BCUT2D eigenvalue weighted by atomic mass is 10.3. The Bertz CT molecular complexity index is 799.